The third-order valence-corrected chi connectivity index (χ3v) is 4.03. The first-order valence-electron chi connectivity index (χ1n) is 8.61. The van der Waals surface area contributed by atoms with Crippen LogP contribution in [0.2, 0.25) is 0 Å². The van der Waals surface area contributed by atoms with Crippen LogP contribution >= 0.6 is 0 Å². The SMILES string of the molecule is CCN(CC)c1ccc(C=NCCNc2ccccc2[N+](=O)[O-])c(O)c1. The van der Waals surface area contributed by atoms with Crippen LogP contribution in [0.4, 0.5) is 17.1 Å². The van der Waals surface area contributed by atoms with E-state index in [0.717, 1.165) is 18.8 Å². The molecule has 0 radical (unpaired) electrons. The molecule has 2 N–H and O–H groups in total. The van der Waals surface area contributed by atoms with Gasteiger partial charge in [0, 0.05) is 49.2 Å². The summed E-state index contributed by atoms with van der Waals surface area (Å²) < 4.78 is 0. The molecule has 0 aromatic heterocycles. The maximum atomic E-state index is 11.0. The first-order valence-corrected chi connectivity index (χ1v) is 8.61. The van der Waals surface area contributed by atoms with Crippen molar-refractivity contribution in [3.05, 3.63) is 58.1 Å². The second-order valence-electron chi connectivity index (χ2n) is 5.65. The molecule has 0 fully saturated rings. The standard InChI is InChI=1S/C19H24N4O3/c1-3-22(4-2)16-10-9-15(19(24)13-16)14-20-11-12-21-17-7-5-6-8-18(17)23(25)26/h5-10,13-14,21,24H,3-4,11-12H2,1-2H3. The van der Waals surface area contributed by atoms with Gasteiger partial charge in [0.15, 0.2) is 0 Å². The van der Waals surface area contributed by atoms with E-state index in [2.05, 4.69) is 29.1 Å². The van der Waals surface area contributed by atoms with Crippen LogP contribution in [0.25, 0.3) is 0 Å². The van der Waals surface area contributed by atoms with Crippen LogP contribution in [0, 0.1) is 10.1 Å². The van der Waals surface area contributed by atoms with E-state index in [-0.39, 0.29) is 11.4 Å². The molecule has 26 heavy (non-hydrogen) atoms. The van der Waals surface area contributed by atoms with Crippen molar-refractivity contribution in [1.29, 1.82) is 0 Å². The average Bonchev–Trinajstić information content (AvgIpc) is 2.64. The minimum absolute atomic E-state index is 0.0427. The lowest BCUT2D eigenvalue weighted by molar-refractivity contribution is -0.384. The van der Waals surface area contributed by atoms with Crippen LogP contribution in [-0.2, 0) is 0 Å². The van der Waals surface area contributed by atoms with Gasteiger partial charge in [-0.3, -0.25) is 15.1 Å². The Morgan fingerprint density at radius 1 is 1.23 bits per heavy atom. The van der Waals surface area contributed by atoms with E-state index in [1.807, 2.05) is 12.1 Å². The number of nitrogens with zero attached hydrogens (tertiary/aromatic N) is 3. The molecule has 2 aromatic carbocycles. The highest BCUT2D eigenvalue weighted by Crippen LogP contribution is 2.24. The zero-order chi connectivity index (χ0) is 18.9. The predicted octanol–water partition coefficient (Wildman–Crippen LogP) is 3.68. The summed E-state index contributed by atoms with van der Waals surface area (Å²) in [5.41, 5.74) is 2.13. The van der Waals surface area contributed by atoms with Gasteiger partial charge in [0.2, 0.25) is 0 Å². The van der Waals surface area contributed by atoms with Crippen molar-refractivity contribution in [2.45, 2.75) is 13.8 Å². The first-order chi connectivity index (χ1) is 12.6. The van der Waals surface area contributed by atoms with Gasteiger partial charge in [-0.05, 0) is 32.0 Å². The van der Waals surface area contributed by atoms with Crippen LogP contribution in [0.3, 0.4) is 0 Å². The molecule has 138 valence electrons. The Labute approximate surface area is 153 Å². The number of nitro groups is 1. The van der Waals surface area contributed by atoms with Crippen LogP contribution in [0.1, 0.15) is 19.4 Å². The minimum atomic E-state index is -0.416. The topological polar surface area (TPSA) is 91.0 Å². The Hall–Kier alpha value is -3.09. The molecule has 7 heteroatoms. The monoisotopic (exact) mass is 356 g/mol. The summed E-state index contributed by atoms with van der Waals surface area (Å²) in [5, 5.41) is 24.1. The fourth-order valence-electron chi connectivity index (χ4n) is 2.63. The second kappa shape index (κ2) is 9.41. The predicted molar refractivity (Wildman–Crippen MR) is 106 cm³/mol. The summed E-state index contributed by atoms with van der Waals surface area (Å²) in [4.78, 5) is 17.0. The number of benzene rings is 2. The van der Waals surface area contributed by atoms with E-state index in [9.17, 15) is 15.2 Å². The number of nitro benzene ring substituents is 1. The Kier molecular flexibility index (Phi) is 6.96. The molecular formula is C19H24N4O3. The first kappa shape index (κ1) is 19.2. The molecule has 0 unspecified atom stereocenters. The van der Waals surface area contributed by atoms with Gasteiger partial charge in [-0.25, -0.2) is 0 Å². The van der Waals surface area contributed by atoms with Gasteiger partial charge >= 0.3 is 0 Å². The van der Waals surface area contributed by atoms with Crippen molar-refractivity contribution in [3.63, 3.8) is 0 Å². The van der Waals surface area contributed by atoms with Crippen LogP contribution in [0.5, 0.6) is 5.75 Å². The lowest BCUT2D eigenvalue weighted by Crippen LogP contribution is -2.21. The van der Waals surface area contributed by atoms with Gasteiger partial charge in [-0.15, -0.1) is 0 Å². The lowest BCUT2D eigenvalue weighted by atomic mass is 10.2. The molecule has 0 spiro atoms. The maximum absolute atomic E-state index is 11.0. The smallest absolute Gasteiger partial charge is 0.292 e. The summed E-state index contributed by atoms with van der Waals surface area (Å²) in [5.74, 6) is 0.185. The number of nitrogens with one attached hydrogen (secondary N) is 1. The quantitative estimate of drug-likeness (QED) is 0.309. The third kappa shape index (κ3) is 4.95. The van der Waals surface area contributed by atoms with E-state index in [1.165, 1.54) is 6.07 Å². The van der Waals surface area contributed by atoms with E-state index in [4.69, 9.17) is 0 Å². The van der Waals surface area contributed by atoms with Gasteiger partial charge in [0.1, 0.15) is 11.4 Å². The van der Waals surface area contributed by atoms with Crippen molar-refractivity contribution < 1.29 is 10.0 Å². The summed E-state index contributed by atoms with van der Waals surface area (Å²) in [6.45, 7) is 6.78. The van der Waals surface area contributed by atoms with Crippen LogP contribution in [0.15, 0.2) is 47.5 Å². The molecule has 7 nitrogen and oxygen atoms in total. The Balaban J connectivity index is 1.92. The minimum Gasteiger partial charge on any atom is -0.507 e. The number of hydrogen-bond donors (Lipinski definition) is 2. The summed E-state index contributed by atoms with van der Waals surface area (Å²) in [6.07, 6.45) is 1.61. The number of aliphatic imine (C=N–C) groups is 1. The van der Waals surface area contributed by atoms with Crippen molar-refractivity contribution in [2.75, 3.05) is 36.4 Å². The summed E-state index contributed by atoms with van der Waals surface area (Å²) in [6, 6.07) is 12.0. The van der Waals surface area contributed by atoms with Crippen LogP contribution < -0.4 is 10.2 Å². The van der Waals surface area contributed by atoms with Gasteiger partial charge in [-0.1, -0.05) is 12.1 Å². The fourth-order valence-corrected chi connectivity index (χ4v) is 2.63. The van der Waals surface area contributed by atoms with Crippen LogP contribution in [-0.4, -0.2) is 42.4 Å². The van der Waals surface area contributed by atoms with Crippen molar-refractivity contribution in [3.8, 4) is 5.75 Å². The molecule has 0 aliphatic carbocycles. The van der Waals surface area contributed by atoms with Gasteiger partial charge in [-0.2, -0.15) is 0 Å². The van der Waals surface area contributed by atoms with Crippen molar-refractivity contribution in [1.82, 2.24) is 0 Å². The third-order valence-electron chi connectivity index (χ3n) is 4.03. The van der Waals surface area contributed by atoms with E-state index >= 15 is 0 Å². The van der Waals surface area contributed by atoms with Gasteiger partial charge in [0.25, 0.3) is 5.69 Å². The van der Waals surface area contributed by atoms with Gasteiger partial charge in [0.05, 0.1) is 11.5 Å². The maximum Gasteiger partial charge on any atom is 0.292 e. The fraction of sp³-hybridized carbons (Fsp3) is 0.316. The highest BCUT2D eigenvalue weighted by Gasteiger charge is 2.11. The van der Waals surface area contributed by atoms with Crippen molar-refractivity contribution >= 4 is 23.3 Å². The number of phenolic OH excluding ortho intramolecular Hbond substituents is 1. The Bertz CT molecular complexity index is 773. The Morgan fingerprint density at radius 3 is 2.62 bits per heavy atom. The Morgan fingerprint density at radius 2 is 1.96 bits per heavy atom. The molecule has 0 atom stereocenters. The number of phenols is 1. The zero-order valence-electron chi connectivity index (χ0n) is 15.1. The largest absolute Gasteiger partial charge is 0.507 e. The molecule has 0 aliphatic rings. The molecule has 0 saturated heterocycles. The molecule has 0 heterocycles. The molecular weight excluding hydrogens is 332 g/mol. The number of anilines is 2. The number of hydrogen-bond acceptors (Lipinski definition) is 6. The normalized spacial score (nSPS) is 10.8. The average molecular weight is 356 g/mol. The molecule has 2 rings (SSSR count). The molecule has 0 bridgehead atoms. The number of para-hydroxylation sites is 2. The molecule has 0 amide bonds. The van der Waals surface area contributed by atoms with Gasteiger partial charge < -0.3 is 15.3 Å². The number of rotatable bonds is 9. The number of aromatic hydroxyl groups is 1. The van der Waals surface area contributed by atoms with E-state index in [0.29, 0.717) is 24.3 Å². The lowest BCUT2D eigenvalue weighted by Gasteiger charge is -2.21. The van der Waals surface area contributed by atoms with Crippen molar-refractivity contribution in [2.24, 2.45) is 4.99 Å². The zero-order valence-corrected chi connectivity index (χ0v) is 15.1. The molecule has 0 saturated carbocycles. The highest BCUT2D eigenvalue weighted by atomic mass is 16.6. The van der Waals surface area contributed by atoms with E-state index < -0.39 is 4.92 Å². The molecule has 2 aromatic rings. The molecule has 0 aliphatic heterocycles. The van der Waals surface area contributed by atoms with E-state index in [1.54, 1.807) is 30.5 Å². The highest BCUT2D eigenvalue weighted by molar-refractivity contribution is 5.84. The summed E-state index contributed by atoms with van der Waals surface area (Å²) >= 11 is 0. The second-order valence-corrected chi connectivity index (χ2v) is 5.65. The summed E-state index contributed by atoms with van der Waals surface area (Å²) in [7, 11) is 0.